The molecule has 0 aliphatic heterocycles. The van der Waals surface area contributed by atoms with Crippen molar-refractivity contribution in [1.29, 1.82) is 0 Å². The fourth-order valence-corrected chi connectivity index (χ4v) is 8.41. The zero-order valence-electron chi connectivity index (χ0n) is 28.7. The van der Waals surface area contributed by atoms with Crippen molar-refractivity contribution >= 4 is 27.2 Å². The fraction of sp³-hybridized carbons (Fsp3) is 0.302. The van der Waals surface area contributed by atoms with Crippen molar-refractivity contribution in [1.82, 2.24) is 0 Å². The Labute approximate surface area is 276 Å². The minimum absolute atomic E-state index is 0.772. The summed E-state index contributed by atoms with van der Waals surface area (Å²) in [6.45, 7) is 16.6. The third-order valence-electron chi connectivity index (χ3n) is 9.32. The molecule has 0 amide bonds. The molecule has 0 radical (unpaired) electrons. The van der Waals surface area contributed by atoms with Crippen molar-refractivity contribution in [3.63, 3.8) is 0 Å². The van der Waals surface area contributed by atoms with Crippen LogP contribution < -0.4 is 10.4 Å². The molecule has 5 rings (SSSR count). The van der Waals surface area contributed by atoms with Crippen molar-refractivity contribution in [2.75, 3.05) is 0 Å². The van der Waals surface area contributed by atoms with Crippen molar-refractivity contribution in [3.8, 4) is 44.5 Å². The molecule has 5 aromatic carbocycles. The van der Waals surface area contributed by atoms with Gasteiger partial charge in [-0.25, -0.2) is 0 Å². The monoisotopic (exact) mass is 624 g/mol. The SMILES string of the molecule is CCCCc1cc(-c2ccc(-c3ccc([Si](C)(C)C)cc3)cc2)c(CCCC)cc1-c1ccc(-c2ccc([SiH](C)C)cc2)cc1. The quantitative estimate of drug-likeness (QED) is 0.121. The van der Waals surface area contributed by atoms with Gasteiger partial charge in [-0.15, -0.1) is 0 Å². The maximum absolute atomic E-state index is 2.52. The first kappa shape index (κ1) is 32.9. The van der Waals surface area contributed by atoms with E-state index in [0.29, 0.717) is 0 Å². The molecule has 0 saturated carbocycles. The molecule has 0 unspecified atom stereocenters. The Morgan fingerprint density at radius 2 is 0.800 bits per heavy atom. The summed E-state index contributed by atoms with van der Waals surface area (Å²) in [6, 6.07) is 42.2. The van der Waals surface area contributed by atoms with Crippen LogP contribution >= 0.6 is 0 Å². The van der Waals surface area contributed by atoms with Gasteiger partial charge in [0, 0.05) is 0 Å². The number of hydrogen-bond acceptors (Lipinski definition) is 0. The summed E-state index contributed by atoms with van der Waals surface area (Å²) in [4.78, 5) is 0. The Bertz CT molecular complexity index is 1670. The van der Waals surface area contributed by atoms with Gasteiger partial charge in [0.05, 0.1) is 16.9 Å². The van der Waals surface area contributed by atoms with E-state index in [-0.39, 0.29) is 0 Å². The molecule has 0 fully saturated rings. The van der Waals surface area contributed by atoms with Crippen LogP contribution in [-0.4, -0.2) is 16.9 Å². The second kappa shape index (κ2) is 14.8. The predicted molar refractivity (Wildman–Crippen MR) is 207 cm³/mol. The van der Waals surface area contributed by atoms with E-state index < -0.39 is 16.9 Å². The third kappa shape index (κ3) is 8.04. The molecule has 0 bridgehead atoms. The van der Waals surface area contributed by atoms with Crippen LogP contribution in [-0.2, 0) is 12.8 Å². The molecule has 0 aromatic heterocycles. The number of hydrogen-bond donors (Lipinski definition) is 0. The van der Waals surface area contributed by atoms with Crippen molar-refractivity contribution in [2.24, 2.45) is 0 Å². The van der Waals surface area contributed by atoms with E-state index in [1.807, 2.05) is 0 Å². The number of aryl methyl sites for hydroxylation is 2. The summed E-state index contributed by atoms with van der Waals surface area (Å²) in [5.74, 6) is 0. The standard InChI is InChI=1S/C43H52Si2/c1-8-10-12-38-31-43(37-20-16-33(17-21-37)35-24-28-41(29-25-35)45(5,6)7)39(13-11-9-2)30-42(38)36-18-14-32(15-19-36)34-22-26-40(27-23-34)44(3)4/h14-31,44H,8-13H2,1-7H3. The van der Waals surface area contributed by atoms with Crippen LogP contribution in [0, 0.1) is 0 Å². The normalized spacial score (nSPS) is 11.7. The van der Waals surface area contributed by atoms with E-state index in [1.54, 1.807) is 0 Å². The molecule has 5 aromatic rings. The molecule has 0 atom stereocenters. The van der Waals surface area contributed by atoms with Gasteiger partial charge in [-0.1, -0.05) is 179 Å². The van der Waals surface area contributed by atoms with Gasteiger partial charge in [-0.05, 0) is 81.3 Å². The van der Waals surface area contributed by atoms with Crippen LogP contribution in [0.25, 0.3) is 44.5 Å². The Kier molecular flexibility index (Phi) is 10.8. The lowest BCUT2D eigenvalue weighted by Gasteiger charge is -2.18. The maximum Gasteiger partial charge on any atom is 0.0775 e. The Morgan fingerprint density at radius 1 is 0.467 bits per heavy atom. The highest BCUT2D eigenvalue weighted by atomic mass is 28.3. The van der Waals surface area contributed by atoms with Crippen LogP contribution in [0.15, 0.2) is 109 Å². The molecular formula is C43H52Si2. The highest BCUT2D eigenvalue weighted by molar-refractivity contribution is 6.88. The summed E-state index contributed by atoms with van der Waals surface area (Å²) >= 11 is 0. The molecule has 232 valence electrons. The number of rotatable bonds is 12. The summed E-state index contributed by atoms with van der Waals surface area (Å²) in [5, 5.41) is 3.04. The lowest BCUT2D eigenvalue weighted by Crippen LogP contribution is -2.37. The molecule has 0 aliphatic rings. The Hall–Kier alpha value is -3.47. The third-order valence-corrected chi connectivity index (χ3v) is 13.1. The molecule has 0 nitrogen and oxygen atoms in total. The molecule has 0 N–H and O–H groups in total. The van der Waals surface area contributed by atoms with Crippen molar-refractivity contribution < 1.29 is 0 Å². The van der Waals surface area contributed by atoms with E-state index in [1.165, 1.54) is 91.7 Å². The highest BCUT2D eigenvalue weighted by Gasteiger charge is 2.17. The van der Waals surface area contributed by atoms with Gasteiger partial charge >= 0.3 is 0 Å². The zero-order valence-corrected chi connectivity index (χ0v) is 30.9. The topological polar surface area (TPSA) is 0 Å². The lowest BCUT2D eigenvalue weighted by molar-refractivity contribution is 0.788. The van der Waals surface area contributed by atoms with E-state index in [9.17, 15) is 0 Å². The van der Waals surface area contributed by atoms with Gasteiger partial charge in [0.2, 0.25) is 0 Å². The molecule has 2 heteroatoms. The molecule has 45 heavy (non-hydrogen) atoms. The maximum atomic E-state index is 2.52. The van der Waals surface area contributed by atoms with Crippen LogP contribution in [0.4, 0.5) is 0 Å². The zero-order chi connectivity index (χ0) is 32.0. The number of unbranched alkanes of at least 4 members (excludes halogenated alkanes) is 2. The van der Waals surface area contributed by atoms with E-state index in [2.05, 4.69) is 156 Å². The largest absolute Gasteiger partial charge is 0.0775 e. The van der Waals surface area contributed by atoms with Gasteiger partial charge in [0.25, 0.3) is 0 Å². The number of benzene rings is 5. The van der Waals surface area contributed by atoms with Crippen LogP contribution in [0.3, 0.4) is 0 Å². The Morgan fingerprint density at radius 3 is 1.13 bits per heavy atom. The minimum atomic E-state index is -1.30. The highest BCUT2D eigenvalue weighted by Crippen LogP contribution is 2.36. The second-order valence-electron chi connectivity index (χ2n) is 14.1. The fourth-order valence-electron chi connectivity index (χ4n) is 6.28. The van der Waals surface area contributed by atoms with Gasteiger partial charge in [-0.2, -0.15) is 0 Å². The summed E-state index contributed by atoms with van der Waals surface area (Å²) in [5.41, 5.74) is 13.6. The van der Waals surface area contributed by atoms with E-state index in [0.717, 1.165) is 12.8 Å². The summed E-state index contributed by atoms with van der Waals surface area (Å²) < 4.78 is 0. The lowest BCUT2D eigenvalue weighted by atomic mass is 9.86. The smallest absolute Gasteiger partial charge is 0.0682 e. The van der Waals surface area contributed by atoms with E-state index >= 15 is 0 Å². The van der Waals surface area contributed by atoms with Crippen molar-refractivity contribution in [3.05, 3.63) is 120 Å². The van der Waals surface area contributed by atoms with Crippen molar-refractivity contribution in [2.45, 2.75) is 85.1 Å². The van der Waals surface area contributed by atoms with Crippen LogP contribution in [0.1, 0.15) is 50.7 Å². The predicted octanol–water partition coefficient (Wildman–Crippen LogP) is 11.3. The molecule has 0 heterocycles. The average Bonchev–Trinajstić information content (AvgIpc) is 3.06. The average molecular weight is 625 g/mol. The van der Waals surface area contributed by atoms with E-state index in [4.69, 9.17) is 0 Å². The van der Waals surface area contributed by atoms with Gasteiger partial charge in [0.1, 0.15) is 0 Å². The second-order valence-corrected chi connectivity index (χ2v) is 22.2. The first-order valence-electron chi connectivity index (χ1n) is 17.3. The van der Waals surface area contributed by atoms with Crippen LogP contribution in [0.2, 0.25) is 32.7 Å². The van der Waals surface area contributed by atoms with Gasteiger partial charge in [0.15, 0.2) is 0 Å². The first-order valence-corrected chi connectivity index (χ1v) is 23.6. The summed E-state index contributed by atoms with van der Waals surface area (Å²) in [6.07, 6.45) is 7.03. The molecule has 0 spiro atoms. The summed E-state index contributed by atoms with van der Waals surface area (Å²) in [7, 11) is -2.07. The minimum Gasteiger partial charge on any atom is -0.0682 e. The Balaban J connectivity index is 1.49. The first-order chi connectivity index (χ1) is 21.7. The van der Waals surface area contributed by atoms with Crippen LogP contribution in [0.5, 0.6) is 0 Å². The molecule has 0 aliphatic carbocycles. The molecule has 0 saturated heterocycles. The van der Waals surface area contributed by atoms with Gasteiger partial charge in [-0.3, -0.25) is 0 Å². The molecular weight excluding hydrogens is 573 g/mol. The van der Waals surface area contributed by atoms with Gasteiger partial charge < -0.3 is 0 Å².